The molecule has 0 bridgehead atoms. The van der Waals surface area contributed by atoms with E-state index in [1.807, 2.05) is 0 Å². The van der Waals surface area contributed by atoms with Crippen LogP contribution in [0, 0.1) is 0 Å². The van der Waals surface area contributed by atoms with E-state index in [0.29, 0.717) is 6.54 Å². The summed E-state index contributed by atoms with van der Waals surface area (Å²) in [4.78, 5) is 0. The molecule has 4 heteroatoms. The minimum Gasteiger partial charge on any atom is -0.350 e. The summed E-state index contributed by atoms with van der Waals surface area (Å²) in [7, 11) is 0. The van der Waals surface area contributed by atoms with Gasteiger partial charge >= 0.3 is 0 Å². The summed E-state index contributed by atoms with van der Waals surface area (Å²) in [6, 6.07) is 0. The lowest BCUT2D eigenvalue weighted by molar-refractivity contribution is -0.0446. The van der Waals surface area contributed by atoms with Crippen molar-refractivity contribution in [1.29, 1.82) is 0 Å². The maximum absolute atomic E-state index is 5.25. The zero-order valence-electron chi connectivity index (χ0n) is 5.21. The van der Waals surface area contributed by atoms with Gasteiger partial charge in [-0.25, -0.2) is 0 Å². The summed E-state index contributed by atoms with van der Waals surface area (Å²) in [6.45, 7) is 2.10. The molecule has 1 rings (SSSR count). The molecule has 2 N–H and O–H groups in total. The third kappa shape index (κ3) is 3.01. The van der Waals surface area contributed by atoms with E-state index in [-0.39, 0.29) is 18.7 Å². The van der Waals surface area contributed by atoms with E-state index in [1.165, 1.54) is 0 Å². The summed E-state index contributed by atoms with van der Waals surface area (Å²) in [5.41, 5.74) is 5.25. The summed E-state index contributed by atoms with van der Waals surface area (Å²) >= 11 is 0. The summed E-state index contributed by atoms with van der Waals surface area (Å²) < 4.78 is 10.2. The quantitative estimate of drug-likeness (QED) is 0.614. The topological polar surface area (TPSA) is 44.5 Å². The van der Waals surface area contributed by atoms with E-state index >= 15 is 0 Å². The van der Waals surface area contributed by atoms with Gasteiger partial charge in [-0.05, 0) is 6.54 Å². The molecule has 0 spiro atoms. The van der Waals surface area contributed by atoms with Gasteiger partial charge in [0.2, 0.25) is 0 Å². The first-order valence-electron chi connectivity index (χ1n) is 2.87. The lowest BCUT2D eigenvalue weighted by Crippen LogP contribution is -2.13. The predicted molar refractivity (Wildman–Crippen MR) is 36.6 cm³/mol. The number of halogens is 1. The molecule has 0 atom stereocenters. The molecular formula is C5H12ClNO2. The van der Waals surface area contributed by atoms with Crippen LogP contribution in [0.1, 0.15) is 6.42 Å². The first-order chi connectivity index (χ1) is 3.93. The second-order valence-corrected chi connectivity index (χ2v) is 1.75. The lowest BCUT2D eigenvalue weighted by Gasteiger charge is -2.04. The molecule has 1 aliphatic rings. The second kappa shape index (κ2) is 4.99. The van der Waals surface area contributed by atoms with Gasteiger partial charge in [0, 0.05) is 6.42 Å². The fourth-order valence-corrected chi connectivity index (χ4v) is 0.710. The zero-order valence-corrected chi connectivity index (χ0v) is 6.02. The molecule has 1 heterocycles. The third-order valence-corrected chi connectivity index (χ3v) is 1.09. The fraction of sp³-hybridized carbons (Fsp3) is 1.00. The highest BCUT2D eigenvalue weighted by atomic mass is 35.5. The third-order valence-electron chi connectivity index (χ3n) is 1.09. The van der Waals surface area contributed by atoms with E-state index in [0.717, 1.165) is 19.6 Å². The van der Waals surface area contributed by atoms with Crippen LogP contribution in [0.4, 0.5) is 0 Å². The Labute approximate surface area is 60.9 Å². The van der Waals surface area contributed by atoms with E-state index in [4.69, 9.17) is 15.2 Å². The Morgan fingerprint density at radius 2 is 1.89 bits per heavy atom. The van der Waals surface area contributed by atoms with Crippen molar-refractivity contribution in [3.63, 3.8) is 0 Å². The van der Waals surface area contributed by atoms with E-state index in [9.17, 15) is 0 Å². The molecule has 0 aromatic heterocycles. The van der Waals surface area contributed by atoms with Crippen LogP contribution >= 0.6 is 12.4 Å². The molecule has 1 saturated heterocycles. The van der Waals surface area contributed by atoms with Gasteiger partial charge in [0.05, 0.1) is 13.2 Å². The van der Waals surface area contributed by atoms with Gasteiger partial charge in [-0.3, -0.25) is 0 Å². The van der Waals surface area contributed by atoms with Gasteiger partial charge in [-0.1, -0.05) is 0 Å². The van der Waals surface area contributed by atoms with Crippen LogP contribution in [0.15, 0.2) is 0 Å². The summed E-state index contributed by atoms with van der Waals surface area (Å²) in [5.74, 6) is 0. The highest BCUT2D eigenvalue weighted by molar-refractivity contribution is 5.85. The van der Waals surface area contributed by atoms with Crippen molar-refractivity contribution in [2.45, 2.75) is 12.7 Å². The largest absolute Gasteiger partial charge is 0.350 e. The van der Waals surface area contributed by atoms with Crippen LogP contribution in [-0.4, -0.2) is 26.0 Å². The Bertz CT molecular complexity index is 66.0. The smallest absolute Gasteiger partial charge is 0.159 e. The van der Waals surface area contributed by atoms with Crippen LogP contribution in [0.25, 0.3) is 0 Å². The van der Waals surface area contributed by atoms with Crippen LogP contribution in [0.3, 0.4) is 0 Å². The molecule has 0 aromatic carbocycles. The Morgan fingerprint density at radius 3 is 2.33 bits per heavy atom. The highest BCUT2D eigenvalue weighted by Crippen LogP contribution is 2.05. The Balaban J connectivity index is 0.000000640. The maximum atomic E-state index is 5.25. The molecule has 0 unspecified atom stereocenters. The van der Waals surface area contributed by atoms with Crippen molar-refractivity contribution in [3.05, 3.63) is 0 Å². The van der Waals surface area contributed by atoms with Gasteiger partial charge in [0.25, 0.3) is 0 Å². The van der Waals surface area contributed by atoms with Gasteiger partial charge in [-0.2, -0.15) is 0 Å². The number of nitrogens with two attached hydrogens (primary N) is 1. The molecule has 0 aromatic rings. The molecule has 0 amide bonds. The van der Waals surface area contributed by atoms with Crippen molar-refractivity contribution in [1.82, 2.24) is 0 Å². The van der Waals surface area contributed by atoms with Gasteiger partial charge < -0.3 is 15.2 Å². The number of hydrogen-bond acceptors (Lipinski definition) is 3. The minimum atomic E-state index is -0.0139. The SMILES string of the molecule is Cl.NCCC1OCCO1. The summed E-state index contributed by atoms with van der Waals surface area (Å²) in [5, 5.41) is 0. The Kier molecular flexibility index (Phi) is 5.09. The summed E-state index contributed by atoms with van der Waals surface area (Å²) in [6.07, 6.45) is 0.806. The minimum absolute atomic E-state index is 0. The van der Waals surface area contributed by atoms with Crippen molar-refractivity contribution in [2.75, 3.05) is 19.8 Å². The van der Waals surface area contributed by atoms with Crippen LogP contribution in [0.5, 0.6) is 0 Å². The van der Waals surface area contributed by atoms with Crippen LogP contribution < -0.4 is 5.73 Å². The van der Waals surface area contributed by atoms with Gasteiger partial charge in [0.1, 0.15) is 0 Å². The van der Waals surface area contributed by atoms with Crippen LogP contribution in [0.2, 0.25) is 0 Å². The number of rotatable bonds is 2. The Hall–Kier alpha value is 0.170. The monoisotopic (exact) mass is 153 g/mol. The average molecular weight is 154 g/mol. The molecule has 0 saturated carbocycles. The first-order valence-corrected chi connectivity index (χ1v) is 2.87. The number of hydrogen-bond donors (Lipinski definition) is 1. The molecule has 1 fully saturated rings. The first kappa shape index (κ1) is 9.17. The van der Waals surface area contributed by atoms with Crippen molar-refractivity contribution in [2.24, 2.45) is 5.73 Å². The van der Waals surface area contributed by atoms with Crippen LogP contribution in [-0.2, 0) is 9.47 Å². The van der Waals surface area contributed by atoms with Gasteiger partial charge in [0.15, 0.2) is 6.29 Å². The lowest BCUT2D eigenvalue weighted by atomic mass is 10.4. The van der Waals surface area contributed by atoms with Crippen molar-refractivity contribution in [3.8, 4) is 0 Å². The highest BCUT2D eigenvalue weighted by Gasteiger charge is 2.13. The van der Waals surface area contributed by atoms with Gasteiger partial charge in [-0.15, -0.1) is 12.4 Å². The van der Waals surface area contributed by atoms with Crippen molar-refractivity contribution < 1.29 is 9.47 Å². The molecule has 0 aliphatic carbocycles. The normalized spacial score (nSPS) is 19.7. The average Bonchev–Trinajstić information content (AvgIpc) is 2.19. The second-order valence-electron chi connectivity index (χ2n) is 1.75. The maximum Gasteiger partial charge on any atom is 0.159 e. The number of ether oxygens (including phenoxy) is 2. The fourth-order valence-electron chi connectivity index (χ4n) is 0.710. The van der Waals surface area contributed by atoms with E-state index in [2.05, 4.69) is 0 Å². The molecule has 56 valence electrons. The molecule has 9 heavy (non-hydrogen) atoms. The predicted octanol–water partition coefficient (Wildman–Crippen LogP) is 0.130. The molecule has 0 radical (unpaired) electrons. The zero-order chi connectivity index (χ0) is 5.82. The molecular weight excluding hydrogens is 142 g/mol. The Morgan fingerprint density at radius 1 is 1.33 bits per heavy atom. The molecule has 3 nitrogen and oxygen atoms in total. The van der Waals surface area contributed by atoms with E-state index < -0.39 is 0 Å². The van der Waals surface area contributed by atoms with E-state index in [1.54, 1.807) is 0 Å². The molecule has 1 aliphatic heterocycles. The standard InChI is InChI=1S/C5H11NO2.ClH/c6-2-1-5-7-3-4-8-5;/h5H,1-4,6H2;1H. The van der Waals surface area contributed by atoms with Crippen molar-refractivity contribution >= 4 is 12.4 Å².